The number of piperidine rings is 2. The lowest BCUT2D eigenvalue weighted by molar-refractivity contribution is 0.0297. The van der Waals surface area contributed by atoms with Crippen LogP contribution >= 0.6 is 0 Å². The van der Waals surface area contributed by atoms with Crippen LogP contribution in [0.25, 0.3) is 0 Å². The Labute approximate surface area is 163 Å². The van der Waals surface area contributed by atoms with Gasteiger partial charge in [0.2, 0.25) is 0 Å². The number of rotatable bonds is 7. The van der Waals surface area contributed by atoms with Gasteiger partial charge in [0.25, 0.3) is 0 Å². The van der Waals surface area contributed by atoms with Crippen LogP contribution in [0.3, 0.4) is 0 Å². The lowest BCUT2D eigenvalue weighted by atomic mass is 10.0. The number of para-hydroxylation sites is 1. The first-order chi connectivity index (χ1) is 13.1. The van der Waals surface area contributed by atoms with Crippen LogP contribution < -0.4 is 4.90 Å². The van der Waals surface area contributed by atoms with Crippen LogP contribution in [-0.2, 0) is 4.74 Å². The van der Waals surface area contributed by atoms with Crippen LogP contribution in [0.1, 0.15) is 32.1 Å². The molecule has 2 saturated heterocycles. The highest BCUT2D eigenvalue weighted by Gasteiger charge is 2.26. The second-order valence-electron chi connectivity index (χ2n) is 7.63. The van der Waals surface area contributed by atoms with Crippen molar-refractivity contribution in [3.05, 3.63) is 55.3 Å². The molecule has 27 heavy (non-hydrogen) atoms. The fourth-order valence-corrected chi connectivity index (χ4v) is 4.17. The van der Waals surface area contributed by atoms with Crippen LogP contribution in [0.4, 0.5) is 5.69 Å². The van der Waals surface area contributed by atoms with Crippen LogP contribution in [0, 0.1) is 0 Å². The third kappa shape index (κ3) is 4.90. The molecule has 1 atom stereocenters. The van der Waals surface area contributed by atoms with Crippen molar-refractivity contribution >= 4 is 5.69 Å². The van der Waals surface area contributed by atoms with Crippen LogP contribution in [0.15, 0.2) is 55.3 Å². The molecule has 0 amide bonds. The lowest BCUT2D eigenvalue weighted by Crippen LogP contribution is -2.44. The van der Waals surface area contributed by atoms with Crippen LogP contribution in [0.2, 0.25) is 0 Å². The summed E-state index contributed by atoms with van der Waals surface area (Å²) in [7, 11) is 2.18. The quantitative estimate of drug-likeness (QED) is 0.735. The van der Waals surface area contributed by atoms with E-state index in [0.29, 0.717) is 12.6 Å². The van der Waals surface area contributed by atoms with Crippen molar-refractivity contribution in [2.24, 2.45) is 0 Å². The molecule has 0 spiro atoms. The third-order valence-corrected chi connectivity index (χ3v) is 5.93. The maximum atomic E-state index is 9.78. The molecule has 0 radical (unpaired) electrons. The number of aliphatic hydroxyl groups is 1. The van der Waals surface area contributed by atoms with E-state index in [1.54, 1.807) is 0 Å². The van der Waals surface area contributed by atoms with Gasteiger partial charge in [-0.3, -0.25) is 0 Å². The molecule has 0 aromatic heterocycles. The first kappa shape index (κ1) is 19.5. The number of hydrogen-bond acceptors (Lipinski definition) is 5. The molecule has 1 aromatic rings. The van der Waals surface area contributed by atoms with Gasteiger partial charge in [0.15, 0.2) is 11.8 Å². The molecule has 1 N–H and O–H groups in total. The van der Waals surface area contributed by atoms with Crippen LogP contribution in [0.5, 0.6) is 0 Å². The monoisotopic (exact) mass is 371 g/mol. The van der Waals surface area contributed by atoms with E-state index in [9.17, 15) is 5.11 Å². The molecule has 2 aliphatic heterocycles. The second kappa shape index (κ2) is 9.07. The van der Waals surface area contributed by atoms with Crippen molar-refractivity contribution < 1.29 is 9.84 Å². The molecule has 1 aromatic carbocycles. The normalized spacial score (nSPS) is 21.0. The SMILES string of the molecule is C=C(OCC1CCCCN1C(=C)O)N1CCC(N(C)c2ccccc2)CC1. The molecule has 2 aliphatic rings. The highest BCUT2D eigenvalue weighted by atomic mass is 16.5. The maximum Gasteiger partial charge on any atom is 0.181 e. The average Bonchev–Trinajstić information content (AvgIpc) is 2.72. The fourth-order valence-electron chi connectivity index (χ4n) is 4.17. The Bertz CT molecular complexity index is 626. The summed E-state index contributed by atoms with van der Waals surface area (Å²) < 4.78 is 6.01. The minimum absolute atomic E-state index is 0.152. The van der Waals surface area contributed by atoms with E-state index in [1.165, 1.54) is 12.1 Å². The molecule has 0 bridgehead atoms. The summed E-state index contributed by atoms with van der Waals surface area (Å²) >= 11 is 0. The zero-order valence-corrected chi connectivity index (χ0v) is 16.5. The van der Waals surface area contributed by atoms with Crippen molar-refractivity contribution in [2.75, 3.05) is 38.2 Å². The summed E-state index contributed by atoms with van der Waals surface area (Å²) in [6.45, 7) is 11.2. The molecule has 2 fully saturated rings. The molecular formula is C22H33N3O2. The Hall–Kier alpha value is -2.30. The van der Waals surface area contributed by atoms with Crippen molar-refractivity contribution in [2.45, 2.75) is 44.2 Å². The van der Waals surface area contributed by atoms with E-state index in [4.69, 9.17) is 4.74 Å². The van der Waals surface area contributed by atoms with Gasteiger partial charge in [-0.2, -0.15) is 0 Å². The minimum atomic E-state index is 0.152. The summed E-state index contributed by atoms with van der Waals surface area (Å²) in [5.74, 6) is 0.906. The number of likely N-dealkylation sites (tertiary alicyclic amines) is 2. The van der Waals surface area contributed by atoms with Crippen molar-refractivity contribution in [3.63, 3.8) is 0 Å². The minimum Gasteiger partial charge on any atom is -0.495 e. The first-order valence-electron chi connectivity index (χ1n) is 10.1. The molecule has 148 valence electrons. The average molecular weight is 372 g/mol. The number of nitrogens with zero attached hydrogens (tertiary/aromatic N) is 3. The maximum absolute atomic E-state index is 9.78. The Morgan fingerprint density at radius 2 is 1.81 bits per heavy atom. The summed E-state index contributed by atoms with van der Waals surface area (Å²) in [5, 5.41) is 9.78. The van der Waals surface area contributed by atoms with E-state index in [-0.39, 0.29) is 11.9 Å². The number of ether oxygens (including phenoxy) is 1. The van der Waals surface area contributed by atoms with Crippen molar-refractivity contribution in [3.8, 4) is 0 Å². The van der Waals surface area contributed by atoms with Gasteiger partial charge in [-0.15, -0.1) is 0 Å². The largest absolute Gasteiger partial charge is 0.495 e. The molecule has 5 heteroatoms. The highest BCUT2D eigenvalue weighted by molar-refractivity contribution is 5.46. The summed E-state index contributed by atoms with van der Waals surface area (Å²) in [4.78, 5) is 6.59. The van der Waals surface area contributed by atoms with Gasteiger partial charge in [0.1, 0.15) is 6.61 Å². The number of aliphatic hydroxyl groups excluding tert-OH is 1. The standard InChI is InChI=1S/C22H33N3O2/c1-18(26)25-14-8-7-11-22(25)17-27-19(2)24-15-12-21(13-16-24)23(3)20-9-5-4-6-10-20/h4-6,9-10,21-22,26H,1-2,7-8,11-17H2,3H3. The Balaban J connectivity index is 1.45. The van der Waals surface area contributed by atoms with Gasteiger partial charge < -0.3 is 24.5 Å². The molecule has 3 rings (SSSR count). The molecule has 0 saturated carbocycles. The smallest absolute Gasteiger partial charge is 0.181 e. The van der Waals surface area contributed by atoms with E-state index >= 15 is 0 Å². The first-order valence-corrected chi connectivity index (χ1v) is 10.1. The topological polar surface area (TPSA) is 39.2 Å². The van der Waals surface area contributed by atoms with E-state index in [0.717, 1.165) is 51.2 Å². The van der Waals surface area contributed by atoms with Gasteiger partial charge >= 0.3 is 0 Å². The molecule has 2 heterocycles. The molecule has 5 nitrogen and oxygen atoms in total. The fraction of sp³-hybridized carbons (Fsp3) is 0.545. The molecule has 1 unspecified atom stereocenters. The summed E-state index contributed by atoms with van der Waals surface area (Å²) in [5.41, 5.74) is 1.27. The van der Waals surface area contributed by atoms with Gasteiger partial charge in [0.05, 0.1) is 6.04 Å². The highest BCUT2D eigenvalue weighted by Crippen LogP contribution is 2.25. The predicted molar refractivity (Wildman–Crippen MR) is 111 cm³/mol. The second-order valence-corrected chi connectivity index (χ2v) is 7.63. The zero-order chi connectivity index (χ0) is 19.2. The van der Waals surface area contributed by atoms with Gasteiger partial charge in [0, 0.05) is 38.4 Å². The Kier molecular flexibility index (Phi) is 6.54. The van der Waals surface area contributed by atoms with Gasteiger partial charge in [-0.25, -0.2) is 0 Å². The predicted octanol–water partition coefficient (Wildman–Crippen LogP) is 3.96. The van der Waals surface area contributed by atoms with Crippen molar-refractivity contribution in [1.82, 2.24) is 9.80 Å². The van der Waals surface area contributed by atoms with E-state index in [1.807, 2.05) is 4.90 Å². The number of hydrogen-bond donors (Lipinski definition) is 1. The van der Waals surface area contributed by atoms with E-state index < -0.39 is 0 Å². The van der Waals surface area contributed by atoms with Gasteiger partial charge in [-0.05, 0) is 57.4 Å². The van der Waals surface area contributed by atoms with Crippen molar-refractivity contribution in [1.29, 1.82) is 0 Å². The van der Waals surface area contributed by atoms with E-state index in [2.05, 4.69) is 60.3 Å². The third-order valence-electron chi connectivity index (χ3n) is 5.93. The van der Waals surface area contributed by atoms with Gasteiger partial charge in [-0.1, -0.05) is 18.2 Å². The number of benzene rings is 1. The Morgan fingerprint density at radius 3 is 2.48 bits per heavy atom. The van der Waals surface area contributed by atoms with Crippen LogP contribution in [-0.4, -0.2) is 60.3 Å². The molecule has 0 aliphatic carbocycles. The molecular weight excluding hydrogens is 338 g/mol. The summed E-state index contributed by atoms with van der Waals surface area (Å²) in [6.07, 6.45) is 5.48. The summed E-state index contributed by atoms with van der Waals surface area (Å²) in [6, 6.07) is 11.3. The zero-order valence-electron chi connectivity index (χ0n) is 16.5. The lowest BCUT2D eigenvalue weighted by Gasteiger charge is -2.40. The Morgan fingerprint density at radius 1 is 1.11 bits per heavy atom. The number of anilines is 1.